The van der Waals surface area contributed by atoms with Crippen LogP contribution in [0.15, 0.2) is 12.1 Å². The number of nitrogens with two attached hydrogens (primary N) is 1. The SMILES string of the molecule is CC1CN(Cc2cc(N)cc3c2OCOC3)CC1C. The Morgan fingerprint density at radius 1 is 1.26 bits per heavy atom. The number of nitrogens with zero attached hydrogens (tertiary/aromatic N) is 1. The van der Waals surface area contributed by atoms with Gasteiger partial charge in [-0.25, -0.2) is 0 Å². The van der Waals surface area contributed by atoms with Crippen LogP contribution >= 0.6 is 0 Å². The lowest BCUT2D eigenvalue weighted by atomic mass is 10.0. The van der Waals surface area contributed by atoms with Crippen molar-refractivity contribution >= 4 is 5.69 Å². The van der Waals surface area contributed by atoms with Crippen molar-refractivity contribution in [2.24, 2.45) is 11.8 Å². The van der Waals surface area contributed by atoms with E-state index in [0.717, 1.165) is 48.5 Å². The van der Waals surface area contributed by atoms with Gasteiger partial charge in [0.15, 0.2) is 6.79 Å². The first-order chi connectivity index (χ1) is 9.13. The Morgan fingerprint density at radius 3 is 2.74 bits per heavy atom. The summed E-state index contributed by atoms with van der Waals surface area (Å²) in [5.74, 6) is 2.51. The van der Waals surface area contributed by atoms with Gasteiger partial charge in [0.25, 0.3) is 0 Å². The number of nitrogen functional groups attached to an aromatic ring is 1. The molecule has 19 heavy (non-hydrogen) atoms. The fourth-order valence-corrected chi connectivity index (χ4v) is 3.06. The molecular weight excluding hydrogens is 240 g/mol. The minimum atomic E-state index is 0.344. The van der Waals surface area contributed by atoms with Gasteiger partial charge < -0.3 is 15.2 Å². The third kappa shape index (κ3) is 2.55. The van der Waals surface area contributed by atoms with Gasteiger partial charge in [0, 0.05) is 36.4 Å². The van der Waals surface area contributed by atoms with E-state index in [1.54, 1.807) is 0 Å². The molecule has 2 aliphatic rings. The van der Waals surface area contributed by atoms with Gasteiger partial charge in [-0.2, -0.15) is 0 Å². The van der Waals surface area contributed by atoms with Gasteiger partial charge in [-0.05, 0) is 24.0 Å². The molecule has 4 nitrogen and oxygen atoms in total. The summed E-state index contributed by atoms with van der Waals surface area (Å²) in [6, 6.07) is 3.99. The van der Waals surface area contributed by atoms with Crippen LogP contribution < -0.4 is 10.5 Å². The van der Waals surface area contributed by atoms with E-state index in [0.29, 0.717) is 13.4 Å². The number of fused-ring (bicyclic) bond motifs is 1. The van der Waals surface area contributed by atoms with Crippen molar-refractivity contribution in [3.63, 3.8) is 0 Å². The van der Waals surface area contributed by atoms with E-state index in [1.165, 1.54) is 5.56 Å². The molecular formula is C15H22N2O2. The van der Waals surface area contributed by atoms with Crippen molar-refractivity contribution in [2.45, 2.75) is 27.0 Å². The van der Waals surface area contributed by atoms with Crippen molar-refractivity contribution in [1.82, 2.24) is 4.90 Å². The number of rotatable bonds is 2. The second kappa shape index (κ2) is 5.02. The van der Waals surface area contributed by atoms with Gasteiger partial charge in [-0.15, -0.1) is 0 Å². The second-order valence-corrected chi connectivity index (χ2v) is 5.93. The van der Waals surface area contributed by atoms with Gasteiger partial charge in [0.2, 0.25) is 0 Å². The summed E-state index contributed by atoms with van der Waals surface area (Å²) in [7, 11) is 0. The largest absolute Gasteiger partial charge is 0.467 e. The molecule has 0 radical (unpaired) electrons. The van der Waals surface area contributed by atoms with Crippen molar-refractivity contribution in [1.29, 1.82) is 0 Å². The van der Waals surface area contributed by atoms with E-state index >= 15 is 0 Å². The minimum absolute atomic E-state index is 0.344. The van der Waals surface area contributed by atoms with Crippen molar-refractivity contribution in [2.75, 3.05) is 25.6 Å². The Morgan fingerprint density at radius 2 is 2.00 bits per heavy atom. The quantitative estimate of drug-likeness (QED) is 0.830. The molecule has 2 atom stereocenters. The summed E-state index contributed by atoms with van der Waals surface area (Å²) in [4.78, 5) is 2.49. The highest BCUT2D eigenvalue weighted by Crippen LogP contribution is 2.33. The van der Waals surface area contributed by atoms with Gasteiger partial charge in [-0.3, -0.25) is 4.90 Å². The van der Waals surface area contributed by atoms with Crippen LogP contribution in [0, 0.1) is 11.8 Å². The highest BCUT2D eigenvalue weighted by atomic mass is 16.7. The fraction of sp³-hybridized carbons (Fsp3) is 0.600. The van der Waals surface area contributed by atoms with Crippen LogP contribution in [0.5, 0.6) is 5.75 Å². The second-order valence-electron chi connectivity index (χ2n) is 5.93. The molecule has 1 aromatic carbocycles. The third-order valence-electron chi connectivity index (χ3n) is 4.27. The Bertz CT molecular complexity index is 465. The van der Waals surface area contributed by atoms with Gasteiger partial charge in [-0.1, -0.05) is 13.8 Å². The molecule has 0 spiro atoms. The summed E-state index contributed by atoms with van der Waals surface area (Å²) in [5, 5.41) is 0. The smallest absolute Gasteiger partial charge is 0.189 e. The molecule has 0 aliphatic carbocycles. The van der Waals surface area contributed by atoms with Crippen LogP contribution in [0.2, 0.25) is 0 Å². The zero-order chi connectivity index (χ0) is 13.4. The highest BCUT2D eigenvalue weighted by molar-refractivity contribution is 5.53. The molecule has 0 amide bonds. The molecule has 1 saturated heterocycles. The summed E-state index contributed by atoms with van der Waals surface area (Å²) < 4.78 is 11.0. The molecule has 2 heterocycles. The molecule has 104 valence electrons. The number of hydrogen-bond acceptors (Lipinski definition) is 4. The van der Waals surface area contributed by atoms with E-state index < -0.39 is 0 Å². The molecule has 0 aromatic heterocycles. The fourth-order valence-electron chi connectivity index (χ4n) is 3.06. The van der Waals surface area contributed by atoms with Crippen LogP contribution in [0.25, 0.3) is 0 Å². The number of hydrogen-bond donors (Lipinski definition) is 1. The molecule has 4 heteroatoms. The number of benzene rings is 1. The van der Waals surface area contributed by atoms with Crippen LogP contribution in [0.3, 0.4) is 0 Å². The standard InChI is InChI=1S/C15H22N2O2/c1-10-5-17(6-11(10)2)7-12-3-14(16)4-13-8-18-9-19-15(12)13/h3-4,10-11H,5-9,16H2,1-2H3. The lowest BCUT2D eigenvalue weighted by Gasteiger charge is -2.24. The zero-order valence-corrected chi connectivity index (χ0v) is 11.7. The molecule has 2 N–H and O–H groups in total. The van der Waals surface area contributed by atoms with Crippen LogP contribution in [0.1, 0.15) is 25.0 Å². The van der Waals surface area contributed by atoms with Crippen LogP contribution in [-0.4, -0.2) is 24.8 Å². The molecule has 0 bridgehead atoms. The molecule has 2 aliphatic heterocycles. The number of anilines is 1. The monoisotopic (exact) mass is 262 g/mol. The molecule has 3 rings (SSSR count). The first-order valence-electron chi connectivity index (χ1n) is 6.97. The summed E-state index contributed by atoms with van der Waals surface area (Å²) in [5.41, 5.74) is 9.04. The van der Waals surface area contributed by atoms with E-state index in [-0.39, 0.29) is 0 Å². The summed E-state index contributed by atoms with van der Waals surface area (Å²) in [6.45, 7) is 8.81. The lowest BCUT2D eigenvalue weighted by Crippen LogP contribution is -2.22. The first kappa shape index (κ1) is 12.8. The third-order valence-corrected chi connectivity index (χ3v) is 4.27. The van der Waals surface area contributed by atoms with E-state index in [9.17, 15) is 0 Å². The predicted molar refractivity (Wildman–Crippen MR) is 74.7 cm³/mol. The van der Waals surface area contributed by atoms with Crippen molar-refractivity contribution < 1.29 is 9.47 Å². The summed E-state index contributed by atoms with van der Waals surface area (Å²) >= 11 is 0. The lowest BCUT2D eigenvalue weighted by molar-refractivity contribution is -0.0173. The first-order valence-corrected chi connectivity index (χ1v) is 6.97. The number of likely N-dealkylation sites (tertiary alicyclic amines) is 1. The van der Waals surface area contributed by atoms with Crippen molar-refractivity contribution in [3.8, 4) is 5.75 Å². The van der Waals surface area contributed by atoms with Crippen LogP contribution in [0.4, 0.5) is 5.69 Å². The summed E-state index contributed by atoms with van der Waals surface area (Å²) in [6.07, 6.45) is 0. The average Bonchev–Trinajstić information content (AvgIpc) is 2.68. The normalized spacial score (nSPS) is 27.1. The topological polar surface area (TPSA) is 47.7 Å². The van der Waals surface area contributed by atoms with Gasteiger partial charge in [0.05, 0.1) is 6.61 Å². The minimum Gasteiger partial charge on any atom is -0.467 e. The predicted octanol–water partition coefficient (Wildman–Crippen LogP) is 2.22. The Balaban J connectivity index is 1.82. The average molecular weight is 262 g/mol. The molecule has 0 saturated carbocycles. The maximum atomic E-state index is 5.98. The Hall–Kier alpha value is -1.26. The zero-order valence-electron chi connectivity index (χ0n) is 11.7. The number of ether oxygens (including phenoxy) is 2. The van der Waals surface area contributed by atoms with E-state index in [2.05, 4.69) is 18.7 Å². The van der Waals surface area contributed by atoms with E-state index in [4.69, 9.17) is 15.2 Å². The van der Waals surface area contributed by atoms with Gasteiger partial charge in [0.1, 0.15) is 5.75 Å². The highest BCUT2D eigenvalue weighted by Gasteiger charge is 2.27. The molecule has 1 fully saturated rings. The maximum Gasteiger partial charge on any atom is 0.189 e. The van der Waals surface area contributed by atoms with Crippen molar-refractivity contribution in [3.05, 3.63) is 23.3 Å². The molecule has 2 unspecified atom stereocenters. The van der Waals surface area contributed by atoms with Gasteiger partial charge >= 0.3 is 0 Å². The maximum absolute atomic E-state index is 5.98. The Kier molecular flexibility index (Phi) is 3.37. The molecule has 1 aromatic rings. The van der Waals surface area contributed by atoms with E-state index in [1.807, 2.05) is 12.1 Å². The van der Waals surface area contributed by atoms with Crippen LogP contribution in [-0.2, 0) is 17.9 Å². The Labute approximate surface area is 114 Å².